The first-order valence-corrected chi connectivity index (χ1v) is 7.27. The number of carbonyl (C=O) groups is 1. The summed E-state index contributed by atoms with van der Waals surface area (Å²) in [7, 11) is -3.06. The van der Waals surface area contributed by atoms with Gasteiger partial charge in [0.05, 0.1) is 11.5 Å². The maximum Gasteiger partial charge on any atom is 0.263 e. The van der Waals surface area contributed by atoms with E-state index in [0.717, 1.165) is 0 Å². The van der Waals surface area contributed by atoms with Crippen molar-refractivity contribution in [2.75, 3.05) is 11.5 Å². The molecule has 0 saturated carbocycles. The van der Waals surface area contributed by atoms with Crippen molar-refractivity contribution in [2.24, 2.45) is 0 Å². The first-order valence-electron chi connectivity index (χ1n) is 5.44. The molecule has 7 nitrogen and oxygen atoms in total. The normalized spacial score (nSPS) is 21.7. The molecule has 1 aliphatic rings. The lowest BCUT2D eigenvalue weighted by Gasteiger charge is -2.09. The summed E-state index contributed by atoms with van der Waals surface area (Å²) in [6, 6.07) is -0.428. The molecule has 1 aliphatic heterocycles. The standard InChI is InChI=1S/C10H13N3O4S/c1-6-11-4-8(9(14)12-6)10(15)13-7-2-3-18(16,17)5-7/h4,7H,2-3,5H2,1H3,(H,13,15)(H,11,12,14). The average molecular weight is 271 g/mol. The minimum Gasteiger partial charge on any atom is -0.348 e. The molecular formula is C10H13N3O4S. The summed E-state index contributed by atoms with van der Waals surface area (Å²) in [4.78, 5) is 29.5. The summed E-state index contributed by atoms with van der Waals surface area (Å²) in [6.07, 6.45) is 1.57. The van der Waals surface area contributed by atoms with E-state index >= 15 is 0 Å². The zero-order chi connectivity index (χ0) is 13.3. The van der Waals surface area contributed by atoms with Gasteiger partial charge in [-0.1, -0.05) is 0 Å². The van der Waals surface area contributed by atoms with Crippen molar-refractivity contribution in [3.8, 4) is 0 Å². The number of nitrogens with zero attached hydrogens (tertiary/aromatic N) is 1. The second kappa shape index (κ2) is 4.52. The molecule has 18 heavy (non-hydrogen) atoms. The summed E-state index contributed by atoms with van der Waals surface area (Å²) >= 11 is 0. The van der Waals surface area contributed by atoms with Crippen LogP contribution < -0.4 is 10.9 Å². The highest BCUT2D eigenvalue weighted by Crippen LogP contribution is 2.11. The number of hydrogen-bond donors (Lipinski definition) is 2. The van der Waals surface area contributed by atoms with Crippen LogP contribution in [0.5, 0.6) is 0 Å². The first kappa shape index (κ1) is 12.7. The van der Waals surface area contributed by atoms with E-state index in [0.29, 0.717) is 12.2 Å². The van der Waals surface area contributed by atoms with Crippen molar-refractivity contribution in [1.29, 1.82) is 0 Å². The number of aromatic nitrogens is 2. The van der Waals surface area contributed by atoms with Gasteiger partial charge >= 0.3 is 0 Å². The van der Waals surface area contributed by atoms with E-state index in [1.165, 1.54) is 6.20 Å². The van der Waals surface area contributed by atoms with Crippen molar-refractivity contribution >= 4 is 15.7 Å². The Morgan fingerprint density at radius 2 is 2.28 bits per heavy atom. The highest BCUT2D eigenvalue weighted by atomic mass is 32.2. The molecule has 1 aromatic rings. The number of amides is 1. The van der Waals surface area contributed by atoms with E-state index < -0.39 is 27.3 Å². The van der Waals surface area contributed by atoms with Gasteiger partial charge in [-0.15, -0.1) is 0 Å². The molecular weight excluding hydrogens is 258 g/mol. The van der Waals surface area contributed by atoms with Crippen LogP contribution in [0.2, 0.25) is 0 Å². The smallest absolute Gasteiger partial charge is 0.263 e. The molecule has 1 unspecified atom stereocenters. The Morgan fingerprint density at radius 1 is 1.56 bits per heavy atom. The fourth-order valence-electron chi connectivity index (χ4n) is 1.82. The largest absolute Gasteiger partial charge is 0.348 e. The Kier molecular flexibility index (Phi) is 3.20. The van der Waals surface area contributed by atoms with Crippen molar-refractivity contribution in [2.45, 2.75) is 19.4 Å². The number of hydrogen-bond acceptors (Lipinski definition) is 5. The molecule has 0 bridgehead atoms. The van der Waals surface area contributed by atoms with Gasteiger partial charge in [0.1, 0.15) is 11.4 Å². The van der Waals surface area contributed by atoms with E-state index in [2.05, 4.69) is 15.3 Å². The lowest BCUT2D eigenvalue weighted by atomic mass is 10.2. The minimum atomic E-state index is -3.06. The molecule has 2 N–H and O–H groups in total. The monoisotopic (exact) mass is 271 g/mol. The Balaban J connectivity index is 2.11. The molecule has 1 saturated heterocycles. The number of sulfone groups is 1. The van der Waals surface area contributed by atoms with Crippen LogP contribution >= 0.6 is 0 Å². The quantitative estimate of drug-likeness (QED) is 0.716. The van der Waals surface area contributed by atoms with Crippen LogP contribution in [0.1, 0.15) is 22.6 Å². The van der Waals surface area contributed by atoms with Crippen LogP contribution in [-0.4, -0.2) is 41.8 Å². The van der Waals surface area contributed by atoms with E-state index in [1.54, 1.807) is 6.92 Å². The van der Waals surface area contributed by atoms with Gasteiger partial charge < -0.3 is 10.3 Å². The van der Waals surface area contributed by atoms with Crippen LogP contribution in [0.4, 0.5) is 0 Å². The van der Waals surface area contributed by atoms with Crippen LogP contribution in [-0.2, 0) is 9.84 Å². The fourth-order valence-corrected chi connectivity index (χ4v) is 3.49. The topological polar surface area (TPSA) is 109 Å². The lowest BCUT2D eigenvalue weighted by molar-refractivity contribution is 0.0939. The van der Waals surface area contributed by atoms with Crippen molar-refractivity contribution in [3.05, 3.63) is 27.9 Å². The predicted octanol–water partition coefficient (Wildman–Crippen LogP) is -1.00. The number of nitrogens with one attached hydrogen (secondary N) is 2. The Hall–Kier alpha value is -1.70. The maximum atomic E-state index is 11.8. The maximum absolute atomic E-state index is 11.8. The van der Waals surface area contributed by atoms with E-state index in [1.807, 2.05) is 0 Å². The highest BCUT2D eigenvalue weighted by Gasteiger charge is 2.29. The van der Waals surface area contributed by atoms with Gasteiger partial charge in [0.2, 0.25) is 0 Å². The highest BCUT2D eigenvalue weighted by molar-refractivity contribution is 7.91. The van der Waals surface area contributed by atoms with Gasteiger partial charge in [-0.05, 0) is 13.3 Å². The second-order valence-electron chi connectivity index (χ2n) is 4.28. The Morgan fingerprint density at radius 3 is 2.83 bits per heavy atom. The minimum absolute atomic E-state index is 0.0699. The molecule has 1 fully saturated rings. The lowest BCUT2D eigenvalue weighted by Crippen LogP contribution is -2.38. The molecule has 0 radical (unpaired) electrons. The second-order valence-corrected chi connectivity index (χ2v) is 6.51. The zero-order valence-electron chi connectivity index (χ0n) is 9.76. The SMILES string of the molecule is Cc1ncc(C(=O)NC2CCS(=O)(=O)C2)c(=O)[nH]1. The van der Waals surface area contributed by atoms with Crippen LogP contribution in [0.3, 0.4) is 0 Å². The summed E-state index contributed by atoms with van der Waals surface area (Å²) in [5.41, 5.74) is -0.634. The van der Waals surface area contributed by atoms with Gasteiger partial charge in [-0.3, -0.25) is 9.59 Å². The first-order chi connectivity index (χ1) is 8.37. The summed E-state index contributed by atoms with van der Waals surface area (Å²) < 4.78 is 22.5. The van der Waals surface area contributed by atoms with Crippen LogP contribution in [0, 0.1) is 6.92 Å². The average Bonchev–Trinajstić information content (AvgIpc) is 2.57. The molecule has 0 spiro atoms. The molecule has 8 heteroatoms. The number of carbonyl (C=O) groups excluding carboxylic acids is 1. The van der Waals surface area contributed by atoms with Gasteiger partial charge in [0.15, 0.2) is 9.84 Å². The van der Waals surface area contributed by atoms with Gasteiger partial charge in [-0.25, -0.2) is 13.4 Å². The van der Waals surface area contributed by atoms with Gasteiger partial charge in [-0.2, -0.15) is 0 Å². The van der Waals surface area contributed by atoms with Crippen LogP contribution in [0.25, 0.3) is 0 Å². The summed E-state index contributed by atoms with van der Waals surface area (Å²) in [6.45, 7) is 1.60. The predicted molar refractivity (Wildman–Crippen MR) is 64.1 cm³/mol. The van der Waals surface area contributed by atoms with Crippen molar-refractivity contribution < 1.29 is 13.2 Å². The van der Waals surface area contributed by atoms with E-state index in [9.17, 15) is 18.0 Å². The number of rotatable bonds is 2. The van der Waals surface area contributed by atoms with Gasteiger partial charge in [0, 0.05) is 12.2 Å². The van der Waals surface area contributed by atoms with Crippen molar-refractivity contribution in [3.63, 3.8) is 0 Å². The molecule has 2 rings (SSSR count). The molecule has 0 aromatic carbocycles. The van der Waals surface area contributed by atoms with E-state index in [4.69, 9.17) is 0 Å². The molecule has 2 heterocycles. The number of aryl methyl sites for hydroxylation is 1. The zero-order valence-corrected chi connectivity index (χ0v) is 10.6. The third-order valence-corrected chi connectivity index (χ3v) is 4.51. The number of aromatic amines is 1. The summed E-state index contributed by atoms with van der Waals surface area (Å²) in [5.74, 6) is -0.179. The molecule has 0 aliphatic carbocycles. The molecule has 1 atom stereocenters. The van der Waals surface area contributed by atoms with Crippen LogP contribution in [0.15, 0.2) is 11.0 Å². The Labute approximate surface area is 104 Å². The Bertz CT molecular complexity index is 635. The fraction of sp³-hybridized carbons (Fsp3) is 0.500. The number of H-pyrrole nitrogens is 1. The molecule has 1 aromatic heterocycles. The molecule has 1 amide bonds. The molecule has 98 valence electrons. The third-order valence-electron chi connectivity index (χ3n) is 2.74. The van der Waals surface area contributed by atoms with Crippen molar-refractivity contribution in [1.82, 2.24) is 15.3 Å². The summed E-state index contributed by atoms with van der Waals surface area (Å²) in [5, 5.41) is 2.53. The third kappa shape index (κ3) is 2.76. The van der Waals surface area contributed by atoms with E-state index in [-0.39, 0.29) is 17.1 Å². The van der Waals surface area contributed by atoms with Gasteiger partial charge in [0.25, 0.3) is 11.5 Å².